The van der Waals surface area contributed by atoms with Crippen molar-refractivity contribution < 1.29 is 9.53 Å². The Morgan fingerprint density at radius 3 is 2.52 bits per heavy atom. The first-order valence-corrected chi connectivity index (χ1v) is 8.25. The molecule has 5 heteroatoms. The Balaban J connectivity index is 1.60. The third-order valence-electron chi connectivity index (χ3n) is 4.44. The summed E-state index contributed by atoms with van der Waals surface area (Å²) in [4.78, 5) is 16.1. The number of amides is 1. The van der Waals surface area contributed by atoms with Crippen LogP contribution in [0.4, 0.5) is 4.79 Å². The van der Waals surface area contributed by atoms with E-state index < -0.39 is 5.60 Å². The Morgan fingerprint density at radius 1 is 1.33 bits per heavy atom. The van der Waals surface area contributed by atoms with Gasteiger partial charge in [-0.25, -0.2) is 4.79 Å². The van der Waals surface area contributed by atoms with Gasteiger partial charge in [0.05, 0.1) is 0 Å². The lowest BCUT2D eigenvalue weighted by Gasteiger charge is -2.45. The molecule has 1 amide bonds. The Kier molecular flexibility index (Phi) is 5.49. The van der Waals surface area contributed by atoms with Crippen LogP contribution in [-0.2, 0) is 4.74 Å². The number of nitrogens with zero attached hydrogens (tertiary/aromatic N) is 2. The quantitative estimate of drug-likeness (QED) is 0.788. The molecule has 2 bridgehead atoms. The molecule has 0 aliphatic carbocycles. The summed E-state index contributed by atoms with van der Waals surface area (Å²) in [6, 6.07) is 0.652. The molecule has 0 saturated carbocycles. The van der Waals surface area contributed by atoms with Gasteiger partial charge in [-0.15, -0.1) is 0 Å². The van der Waals surface area contributed by atoms with Gasteiger partial charge in [0.1, 0.15) is 5.60 Å². The smallest absolute Gasteiger partial charge is 0.410 e. The summed E-state index contributed by atoms with van der Waals surface area (Å²) in [7, 11) is 1.81. The molecule has 0 radical (unpaired) electrons. The van der Waals surface area contributed by atoms with Gasteiger partial charge in [-0.05, 0) is 65.6 Å². The van der Waals surface area contributed by atoms with Crippen LogP contribution in [-0.4, -0.2) is 67.3 Å². The number of piperidine rings is 3. The average Bonchev–Trinajstić information content (AvgIpc) is 2.43. The highest BCUT2D eigenvalue weighted by Crippen LogP contribution is 2.27. The highest BCUT2D eigenvalue weighted by atomic mass is 16.6. The Morgan fingerprint density at radius 2 is 2.00 bits per heavy atom. The largest absolute Gasteiger partial charge is 0.444 e. The van der Waals surface area contributed by atoms with Crippen LogP contribution < -0.4 is 5.32 Å². The molecule has 3 aliphatic heterocycles. The molecule has 3 rings (SSSR count). The molecule has 0 aromatic carbocycles. The first kappa shape index (κ1) is 16.6. The fraction of sp³-hybridized carbons (Fsp3) is 0.938. The van der Waals surface area contributed by atoms with Gasteiger partial charge in [-0.2, -0.15) is 0 Å². The van der Waals surface area contributed by atoms with E-state index in [1.165, 1.54) is 32.5 Å². The topological polar surface area (TPSA) is 44.8 Å². The van der Waals surface area contributed by atoms with E-state index >= 15 is 0 Å². The van der Waals surface area contributed by atoms with Crippen LogP contribution in [0.25, 0.3) is 0 Å². The highest BCUT2D eigenvalue weighted by molar-refractivity contribution is 5.67. The molecule has 1 atom stereocenters. The molecule has 3 heterocycles. The van der Waals surface area contributed by atoms with Crippen LogP contribution in [0, 0.1) is 5.92 Å². The van der Waals surface area contributed by atoms with E-state index in [0.29, 0.717) is 6.04 Å². The lowest BCUT2D eigenvalue weighted by Crippen LogP contribution is -2.56. The minimum atomic E-state index is -0.417. The average molecular weight is 297 g/mol. The van der Waals surface area contributed by atoms with Crippen LogP contribution in [0.1, 0.15) is 40.0 Å². The molecule has 0 aromatic heterocycles. The van der Waals surface area contributed by atoms with Gasteiger partial charge >= 0.3 is 6.09 Å². The normalized spacial score (nSPS) is 28.5. The van der Waals surface area contributed by atoms with Gasteiger partial charge in [0.2, 0.25) is 0 Å². The van der Waals surface area contributed by atoms with Gasteiger partial charge in [-0.1, -0.05) is 0 Å². The van der Waals surface area contributed by atoms with Crippen molar-refractivity contribution in [3.63, 3.8) is 0 Å². The lowest BCUT2D eigenvalue weighted by atomic mass is 9.84. The Labute approximate surface area is 129 Å². The maximum Gasteiger partial charge on any atom is 0.410 e. The summed E-state index contributed by atoms with van der Waals surface area (Å²) in [6.45, 7) is 11.2. The molecule has 0 aromatic rings. The molecule has 1 unspecified atom stereocenters. The maximum atomic E-state index is 11.8. The summed E-state index contributed by atoms with van der Waals surface area (Å²) in [5.41, 5.74) is -0.417. The number of ether oxygens (including phenoxy) is 1. The standard InChI is InChI=1S/C16H31N3O2/c1-16(2,3)21-15(20)18(4)9-5-8-17-14-12-19-10-6-13(14)7-11-19/h13-14,17H,5-12H2,1-4H3. The summed E-state index contributed by atoms with van der Waals surface area (Å²) in [5.74, 6) is 0.860. The zero-order valence-electron chi connectivity index (χ0n) is 14.0. The first-order valence-electron chi connectivity index (χ1n) is 8.25. The maximum absolute atomic E-state index is 11.8. The summed E-state index contributed by atoms with van der Waals surface area (Å²) < 4.78 is 5.35. The van der Waals surface area contributed by atoms with Crippen molar-refractivity contribution in [1.29, 1.82) is 0 Å². The van der Waals surface area contributed by atoms with Gasteiger partial charge in [0, 0.05) is 26.2 Å². The highest BCUT2D eigenvalue weighted by Gasteiger charge is 2.33. The third kappa shape index (κ3) is 5.15. The minimum Gasteiger partial charge on any atom is -0.444 e. The molecule has 3 aliphatic rings. The second kappa shape index (κ2) is 6.97. The molecule has 3 saturated heterocycles. The molecule has 122 valence electrons. The zero-order chi connectivity index (χ0) is 15.5. The van der Waals surface area contributed by atoms with Crippen LogP contribution >= 0.6 is 0 Å². The Bertz CT molecular complexity index is 346. The van der Waals surface area contributed by atoms with Crippen molar-refractivity contribution in [3.05, 3.63) is 0 Å². The molecular weight excluding hydrogens is 266 g/mol. The number of rotatable bonds is 5. The second-order valence-electron chi connectivity index (χ2n) is 7.45. The van der Waals surface area contributed by atoms with Gasteiger partial charge < -0.3 is 19.9 Å². The van der Waals surface area contributed by atoms with Crippen molar-refractivity contribution in [2.75, 3.05) is 39.8 Å². The predicted molar refractivity (Wildman–Crippen MR) is 84.4 cm³/mol. The molecule has 1 N–H and O–H groups in total. The number of hydrogen-bond acceptors (Lipinski definition) is 4. The van der Waals surface area contributed by atoms with E-state index in [-0.39, 0.29) is 6.09 Å². The van der Waals surface area contributed by atoms with Crippen LogP contribution in [0.2, 0.25) is 0 Å². The van der Waals surface area contributed by atoms with Crippen molar-refractivity contribution in [1.82, 2.24) is 15.1 Å². The van der Waals surface area contributed by atoms with Crippen molar-refractivity contribution in [2.45, 2.75) is 51.7 Å². The molecular formula is C16H31N3O2. The van der Waals surface area contributed by atoms with Crippen LogP contribution in [0.5, 0.6) is 0 Å². The molecule has 0 spiro atoms. The van der Waals surface area contributed by atoms with E-state index in [2.05, 4.69) is 10.2 Å². The zero-order valence-corrected chi connectivity index (χ0v) is 14.0. The number of hydrogen-bond donors (Lipinski definition) is 1. The van der Waals surface area contributed by atoms with E-state index in [0.717, 1.165) is 25.4 Å². The third-order valence-corrected chi connectivity index (χ3v) is 4.44. The number of nitrogens with one attached hydrogen (secondary N) is 1. The van der Waals surface area contributed by atoms with Crippen molar-refractivity contribution >= 4 is 6.09 Å². The first-order chi connectivity index (χ1) is 9.85. The van der Waals surface area contributed by atoms with Gasteiger partial charge in [-0.3, -0.25) is 0 Å². The van der Waals surface area contributed by atoms with Crippen LogP contribution in [0.15, 0.2) is 0 Å². The number of fused-ring (bicyclic) bond motifs is 3. The Hall–Kier alpha value is -0.810. The summed E-state index contributed by atoms with van der Waals surface area (Å²) >= 11 is 0. The van der Waals surface area contributed by atoms with Crippen molar-refractivity contribution in [2.24, 2.45) is 5.92 Å². The lowest BCUT2D eigenvalue weighted by molar-refractivity contribution is 0.0294. The molecule has 5 nitrogen and oxygen atoms in total. The molecule has 21 heavy (non-hydrogen) atoms. The summed E-state index contributed by atoms with van der Waals surface area (Å²) in [5, 5.41) is 3.68. The predicted octanol–water partition coefficient (Wildman–Crippen LogP) is 1.93. The van der Waals surface area contributed by atoms with E-state index in [1.807, 2.05) is 27.8 Å². The van der Waals surface area contributed by atoms with Crippen LogP contribution in [0.3, 0.4) is 0 Å². The van der Waals surface area contributed by atoms with E-state index in [4.69, 9.17) is 4.74 Å². The fourth-order valence-corrected chi connectivity index (χ4v) is 3.23. The minimum absolute atomic E-state index is 0.231. The number of carbonyl (C=O) groups excluding carboxylic acids is 1. The van der Waals surface area contributed by atoms with E-state index in [1.54, 1.807) is 4.90 Å². The molecule has 3 fully saturated rings. The number of carbonyl (C=O) groups is 1. The second-order valence-corrected chi connectivity index (χ2v) is 7.45. The fourth-order valence-electron chi connectivity index (χ4n) is 3.23. The van der Waals surface area contributed by atoms with Gasteiger partial charge in [0.25, 0.3) is 0 Å². The summed E-state index contributed by atoms with van der Waals surface area (Å²) in [6.07, 6.45) is 3.43. The van der Waals surface area contributed by atoms with Gasteiger partial charge in [0.15, 0.2) is 0 Å². The SMILES string of the molecule is CN(CCCNC1CN2CCC1CC2)C(=O)OC(C)(C)C. The monoisotopic (exact) mass is 297 g/mol. The van der Waals surface area contributed by atoms with E-state index in [9.17, 15) is 4.79 Å². The van der Waals surface area contributed by atoms with Crippen molar-refractivity contribution in [3.8, 4) is 0 Å².